The van der Waals surface area contributed by atoms with Gasteiger partial charge in [0, 0.05) is 31.4 Å². The number of hydrogen-bond acceptors (Lipinski definition) is 6. The van der Waals surface area contributed by atoms with Gasteiger partial charge in [-0.3, -0.25) is 14.0 Å². The van der Waals surface area contributed by atoms with Crippen LogP contribution in [0.3, 0.4) is 0 Å². The molecule has 0 N–H and O–H groups in total. The number of unbranched alkanes of at least 4 members (excludes halogenated alkanes) is 2. The largest absolute Gasteiger partial charge is 0.460 e. The molecule has 0 radical (unpaired) electrons. The third-order valence-corrected chi connectivity index (χ3v) is 11.0. The highest BCUT2D eigenvalue weighted by Crippen LogP contribution is 2.42. The summed E-state index contributed by atoms with van der Waals surface area (Å²) in [5, 5.41) is 0.758. The number of Topliss-reactive ketones (excluding diaryl/α,β-unsaturated/α-hetero) is 1. The first kappa shape index (κ1) is 33.6. The Bertz CT molecular complexity index is 1290. The Morgan fingerprint density at radius 3 is 2.44 bits per heavy atom. The van der Waals surface area contributed by atoms with Crippen molar-refractivity contribution in [1.29, 1.82) is 0 Å². The van der Waals surface area contributed by atoms with Crippen molar-refractivity contribution in [2.24, 2.45) is 29.6 Å². The van der Waals surface area contributed by atoms with Gasteiger partial charge in [0.25, 0.3) is 0 Å². The summed E-state index contributed by atoms with van der Waals surface area (Å²) in [5.74, 6) is 0.709. The smallest absolute Gasteiger partial charge is 0.374 e. The van der Waals surface area contributed by atoms with E-state index in [0.717, 1.165) is 88.0 Å². The Hall–Kier alpha value is -2.74. The van der Waals surface area contributed by atoms with Crippen LogP contribution in [0.25, 0.3) is 11.0 Å². The lowest BCUT2D eigenvalue weighted by atomic mass is 9.74. The van der Waals surface area contributed by atoms with Gasteiger partial charge in [0.05, 0.1) is 25.4 Å². The van der Waals surface area contributed by atoms with Crippen LogP contribution in [0.1, 0.15) is 107 Å². The molecule has 1 aromatic heterocycles. The average molecular weight is 626 g/mol. The molecular formula is C37H52FNO6. The fourth-order valence-electron chi connectivity index (χ4n) is 8.21. The van der Waals surface area contributed by atoms with Crippen molar-refractivity contribution in [1.82, 2.24) is 4.90 Å². The normalized spacial score (nSPS) is 27.9. The number of benzene rings is 1. The van der Waals surface area contributed by atoms with Crippen molar-refractivity contribution in [3.8, 4) is 0 Å². The average Bonchev–Trinajstić information content (AvgIpc) is 3.71. The van der Waals surface area contributed by atoms with Crippen LogP contribution in [0, 0.1) is 29.6 Å². The van der Waals surface area contributed by atoms with E-state index in [1.165, 1.54) is 0 Å². The fraction of sp³-hybridized carbons (Fsp3) is 0.703. The van der Waals surface area contributed by atoms with Gasteiger partial charge in [0.2, 0.25) is 11.7 Å². The molecule has 7 nitrogen and oxygen atoms in total. The number of esters is 1. The van der Waals surface area contributed by atoms with Crippen molar-refractivity contribution in [3.63, 3.8) is 0 Å². The number of carbonyl (C=O) groups excluding carboxylic acids is 3. The standard InChI is InChI=1S/C37H52FNO6/c1-4-5-6-19-44-37(42)34-22-29-20-25(7-16-33(29)45-34)21-32(40)35-31(27-12-14-30(43-3)15-13-27)17-18-39(35)36(41)28-10-8-26(9-11-28)24(2)23-38/h7,16,20,22,24,26-28,30-31,35H,4-6,8-15,17-19,21,23H2,1-3H3/t24-,26?,27?,28?,30?,31+,35+/m1/s1. The lowest BCUT2D eigenvalue weighted by molar-refractivity contribution is -0.143. The van der Waals surface area contributed by atoms with Crippen LogP contribution in [0.15, 0.2) is 28.7 Å². The van der Waals surface area contributed by atoms with Gasteiger partial charge in [0.1, 0.15) is 5.58 Å². The van der Waals surface area contributed by atoms with Gasteiger partial charge in [-0.05, 0) is 112 Å². The molecule has 3 aliphatic rings. The van der Waals surface area contributed by atoms with Crippen LogP contribution in [0.2, 0.25) is 0 Å². The molecule has 3 fully saturated rings. The summed E-state index contributed by atoms with van der Waals surface area (Å²) in [6.07, 6.45) is 11.5. The van der Waals surface area contributed by atoms with Crippen LogP contribution in [0.4, 0.5) is 4.39 Å². The quantitative estimate of drug-likeness (QED) is 0.167. The molecule has 1 aromatic carbocycles. The minimum atomic E-state index is -0.473. The highest BCUT2D eigenvalue weighted by Gasteiger charge is 2.47. The molecule has 2 aliphatic carbocycles. The van der Waals surface area contributed by atoms with Gasteiger partial charge < -0.3 is 18.8 Å². The summed E-state index contributed by atoms with van der Waals surface area (Å²) in [4.78, 5) is 42.7. The number of likely N-dealkylation sites (tertiary alicyclic amines) is 1. The molecule has 0 bridgehead atoms. The number of nitrogens with zero attached hydrogens (tertiary/aromatic N) is 1. The highest BCUT2D eigenvalue weighted by molar-refractivity contribution is 5.94. The second-order valence-electron chi connectivity index (χ2n) is 13.9. The number of ether oxygens (including phenoxy) is 2. The minimum absolute atomic E-state index is 0.0360. The summed E-state index contributed by atoms with van der Waals surface area (Å²) in [6, 6.07) is 6.86. The van der Waals surface area contributed by atoms with Crippen LogP contribution < -0.4 is 0 Å². The van der Waals surface area contributed by atoms with Gasteiger partial charge in [-0.1, -0.05) is 32.8 Å². The Morgan fingerprint density at radius 1 is 1.00 bits per heavy atom. The minimum Gasteiger partial charge on any atom is -0.460 e. The predicted octanol–water partition coefficient (Wildman–Crippen LogP) is 7.73. The molecule has 45 heavy (non-hydrogen) atoms. The van der Waals surface area contributed by atoms with Crippen molar-refractivity contribution in [3.05, 3.63) is 35.6 Å². The molecule has 5 rings (SSSR count). The van der Waals surface area contributed by atoms with E-state index in [4.69, 9.17) is 13.9 Å². The van der Waals surface area contributed by atoms with Gasteiger partial charge in [-0.25, -0.2) is 4.79 Å². The topological polar surface area (TPSA) is 86.1 Å². The van der Waals surface area contributed by atoms with E-state index in [2.05, 4.69) is 6.92 Å². The third kappa shape index (κ3) is 7.98. The molecule has 2 heterocycles. The van der Waals surface area contributed by atoms with Gasteiger partial charge in [-0.15, -0.1) is 0 Å². The fourth-order valence-corrected chi connectivity index (χ4v) is 8.21. The zero-order valence-electron chi connectivity index (χ0n) is 27.4. The second-order valence-corrected chi connectivity index (χ2v) is 13.9. The highest BCUT2D eigenvalue weighted by atomic mass is 19.1. The number of ketones is 1. The number of alkyl halides is 1. The summed E-state index contributed by atoms with van der Waals surface area (Å²) in [7, 11) is 1.77. The number of fused-ring (bicyclic) bond motifs is 1. The number of rotatable bonds is 13. The number of furan rings is 1. The number of halogens is 1. The van der Waals surface area contributed by atoms with Crippen molar-refractivity contribution < 1.29 is 32.7 Å². The van der Waals surface area contributed by atoms with E-state index < -0.39 is 12.0 Å². The maximum Gasteiger partial charge on any atom is 0.374 e. The van der Waals surface area contributed by atoms with Crippen molar-refractivity contribution in [2.45, 2.75) is 109 Å². The van der Waals surface area contributed by atoms with E-state index >= 15 is 0 Å². The Kier molecular flexibility index (Phi) is 11.7. The van der Waals surface area contributed by atoms with E-state index in [1.54, 1.807) is 13.2 Å². The number of hydrogen-bond donors (Lipinski definition) is 0. The summed E-state index contributed by atoms with van der Waals surface area (Å²) in [6.45, 7) is 4.74. The Balaban J connectivity index is 1.30. The molecule has 1 saturated heterocycles. The zero-order chi connectivity index (χ0) is 31.9. The molecule has 0 spiro atoms. The van der Waals surface area contributed by atoms with Gasteiger partial charge in [0.15, 0.2) is 5.78 Å². The Labute approximate surface area is 267 Å². The van der Waals surface area contributed by atoms with Gasteiger partial charge in [-0.2, -0.15) is 0 Å². The lowest BCUT2D eigenvalue weighted by Gasteiger charge is -2.37. The first-order valence-electron chi connectivity index (χ1n) is 17.4. The summed E-state index contributed by atoms with van der Waals surface area (Å²) < 4.78 is 30.0. The second kappa shape index (κ2) is 15.7. The van der Waals surface area contributed by atoms with Crippen molar-refractivity contribution >= 4 is 28.6 Å². The summed E-state index contributed by atoms with van der Waals surface area (Å²) >= 11 is 0. The van der Waals surface area contributed by atoms with E-state index in [9.17, 15) is 18.8 Å². The maximum absolute atomic E-state index is 14.2. The van der Waals surface area contributed by atoms with E-state index in [0.29, 0.717) is 30.6 Å². The molecule has 8 heteroatoms. The van der Waals surface area contributed by atoms with E-state index in [-0.39, 0.29) is 54.4 Å². The maximum atomic E-state index is 14.2. The SMILES string of the molecule is CCCCCOC(=O)c1cc2cc(CC(=O)[C@@H]3[C@H](C4CCC(OC)CC4)CCN3C(=O)C3CCC([C@H](C)CF)CC3)ccc2o1. The monoisotopic (exact) mass is 625 g/mol. The molecule has 3 atom stereocenters. The molecule has 2 saturated carbocycles. The zero-order valence-corrected chi connectivity index (χ0v) is 27.4. The molecule has 1 aliphatic heterocycles. The van der Waals surface area contributed by atoms with Crippen molar-refractivity contribution in [2.75, 3.05) is 26.9 Å². The number of amides is 1. The third-order valence-electron chi connectivity index (χ3n) is 11.0. The van der Waals surface area contributed by atoms with Crippen LogP contribution >= 0.6 is 0 Å². The summed E-state index contributed by atoms with van der Waals surface area (Å²) in [5.41, 5.74) is 1.42. The predicted molar refractivity (Wildman–Crippen MR) is 172 cm³/mol. The molecule has 0 unspecified atom stereocenters. The Morgan fingerprint density at radius 2 is 1.76 bits per heavy atom. The molecule has 1 amide bonds. The van der Waals surface area contributed by atoms with Crippen LogP contribution in [-0.4, -0.2) is 61.6 Å². The number of carbonyl (C=O) groups is 3. The molecule has 2 aromatic rings. The molecular weight excluding hydrogens is 573 g/mol. The lowest BCUT2D eigenvalue weighted by Crippen LogP contribution is -2.48. The first-order valence-corrected chi connectivity index (χ1v) is 17.4. The van der Waals surface area contributed by atoms with Gasteiger partial charge >= 0.3 is 5.97 Å². The molecule has 248 valence electrons. The number of methoxy groups -OCH3 is 1. The van der Waals surface area contributed by atoms with E-state index in [1.807, 2.05) is 30.0 Å². The van der Waals surface area contributed by atoms with Crippen LogP contribution in [-0.2, 0) is 25.5 Å². The van der Waals surface area contributed by atoms with Crippen LogP contribution in [0.5, 0.6) is 0 Å². The first-order chi connectivity index (χ1) is 21.8.